The Morgan fingerprint density at radius 2 is 2.05 bits per heavy atom. The number of hydrogen-bond acceptors (Lipinski definition) is 5. The first-order valence-electron chi connectivity index (χ1n) is 6.27. The van der Waals surface area contributed by atoms with Gasteiger partial charge in [-0.25, -0.2) is 8.42 Å². The fourth-order valence-corrected chi connectivity index (χ4v) is 4.14. The molecule has 1 aromatic rings. The Morgan fingerprint density at radius 1 is 1.45 bits per heavy atom. The smallest absolute Gasteiger partial charge is 0.327 e. The van der Waals surface area contributed by atoms with Crippen molar-refractivity contribution in [2.75, 3.05) is 6.61 Å². The Balaban J connectivity index is 2.32. The maximum atomic E-state index is 12.4. The van der Waals surface area contributed by atoms with E-state index < -0.39 is 26.5 Å². The molecule has 0 aromatic heterocycles. The minimum Gasteiger partial charge on any atom is -0.465 e. The van der Waals surface area contributed by atoms with E-state index in [-0.39, 0.29) is 17.9 Å². The highest BCUT2D eigenvalue weighted by Gasteiger charge is 2.68. The van der Waals surface area contributed by atoms with E-state index in [0.717, 1.165) is 5.56 Å². The molecule has 1 aromatic carbocycles. The molecule has 1 saturated carbocycles. The first-order chi connectivity index (χ1) is 9.38. The van der Waals surface area contributed by atoms with Crippen LogP contribution in [0.5, 0.6) is 0 Å². The molecular formula is C14H15NO4S. The quantitative estimate of drug-likeness (QED) is 0.787. The molecule has 2 rings (SSSR count). The summed E-state index contributed by atoms with van der Waals surface area (Å²) < 4.78 is 29.7. The van der Waals surface area contributed by atoms with Gasteiger partial charge in [0.15, 0.2) is 15.3 Å². The summed E-state index contributed by atoms with van der Waals surface area (Å²) >= 11 is 0. The molecule has 0 spiro atoms. The van der Waals surface area contributed by atoms with Crippen LogP contribution in [-0.2, 0) is 19.4 Å². The molecule has 0 bridgehead atoms. The number of rotatable bonds is 4. The summed E-state index contributed by atoms with van der Waals surface area (Å²) in [5.41, 5.74) is -0.601. The van der Waals surface area contributed by atoms with E-state index in [4.69, 9.17) is 10.00 Å². The van der Waals surface area contributed by atoms with Gasteiger partial charge in [0.2, 0.25) is 0 Å². The predicted molar refractivity (Wildman–Crippen MR) is 71.4 cm³/mol. The highest BCUT2D eigenvalue weighted by molar-refractivity contribution is 7.92. The van der Waals surface area contributed by atoms with Gasteiger partial charge in [-0.3, -0.25) is 4.79 Å². The van der Waals surface area contributed by atoms with E-state index in [2.05, 4.69) is 0 Å². The number of ether oxygens (including phenoxy) is 1. The van der Waals surface area contributed by atoms with Gasteiger partial charge in [0.1, 0.15) is 0 Å². The van der Waals surface area contributed by atoms with Crippen LogP contribution in [0.2, 0.25) is 0 Å². The van der Waals surface area contributed by atoms with Crippen molar-refractivity contribution in [1.82, 2.24) is 0 Å². The maximum Gasteiger partial charge on any atom is 0.327 e. The summed E-state index contributed by atoms with van der Waals surface area (Å²) in [5, 5.41) is 8.15. The standard InChI is InChI=1S/C14H15NO4S/c1-3-19-13(16)14(9-15)8-12(14)20(17,18)11-6-4-10(2)5-7-11/h4-7,12H,3,8H2,1-2H3/t12-,14+/m0/s1. The largest absolute Gasteiger partial charge is 0.465 e. The van der Waals surface area contributed by atoms with E-state index in [1.807, 2.05) is 13.0 Å². The molecule has 1 aliphatic carbocycles. The number of nitriles is 1. The van der Waals surface area contributed by atoms with Gasteiger partial charge in [0, 0.05) is 0 Å². The lowest BCUT2D eigenvalue weighted by Gasteiger charge is -2.09. The summed E-state index contributed by atoms with van der Waals surface area (Å²) in [4.78, 5) is 11.9. The second kappa shape index (κ2) is 4.91. The van der Waals surface area contributed by atoms with Crippen LogP contribution in [0, 0.1) is 23.7 Å². The SMILES string of the molecule is CCOC(=O)[C@@]1(C#N)C[C@@H]1S(=O)(=O)c1ccc(C)cc1. The summed E-state index contributed by atoms with van der Waals surface area (Å²) in [5.74, 6) is -0.747. The van der Waals surface area contributed by atoms with Gasteiger partial charge in [-0.15, -0.1) is 0 Å². The molecule has 1 fully saturated rings. The van der Waals surface area contributed by atoms with Crippen LogP contribution in [-0.4, -0.2) is 26.2 Å². The van der Waals surface area contributed by atoms with Gasteiger partial charge in [-0.05, 0) is 32.4 Å². The predicted octanol–water partition coefficient (Wildman–Crippen LogP) is 1.61. The average Bonchev–Trinajstić information content (AvgIpc) is 3.16. The van der Waals surface area contributed by atoms with Gasteiger partial charge in [0.25, 0.3) is 0 Å². The Labute approximate surface area is 118 Å². The normalized spacial score (nSPS) is 24.8. The second-order valence-corrected chi connectivity index (χ2v) is 6.98. The molecule has 0 saturated heterocycles. The first-order valence-corrected chi connectivity index (χ1v) is 7.82. The number of nitrogens with zero attached hydrogens (tertiary/aromatic N) is 1. The molecule has 2 atom stereocenters. The van der Waals surface area contributed by atoms with E-state index >= 15 is 0 Å². The van der Waals surface area contributed by atoms with Crippen LogP contribution in [0.25, 0.3) is 0 Å². The molecule has 1 aliphatic rings. The average molecular weight is 293 g/mol. The first kappa shape index (κ1) is 14.5. The lowest BCUT2D eigenvalue weighted by atomic mass is 10.1. The zero-order valence-corrected chi connectivity index (χ0v) is 12.1. The van der Waals surface area contributed by atoms with Crippen molar-refractivity contribution in [1.29, 1.82) is 5.26 Å². The Kier molecular flexibility index (Phi) is 3.57. The number of hydrogen-bond donors (Lipinski definition) is 0. The van der Waals surface area contributed by atoms with Crippen molar-refractivity contribution in [2.24, 2.45) is 5.41 Å². The van der Waals surface area contributed by atoms with Gasteiger partial charge >= 0.3 is 5.97 Å². The fourth-order valence-electron chi connectivity index (χ4n) is 2.14. The number of sulfone groups is 1. The summed E-state index contributed by atoms with van der Waals surface area (Å²) in [7, 11) is -3.69. The van der Waals surface area contributed by atoms with Crippen molar-refractivity contribution in [2.45, 2.75) is 30.4 Å². The van der Waals surface area contributed by atoms with Crippen LogP contribution < -0.4 is 0 Å². The third kappa shape index (κ3) is 2.18. The number of benzene rings is 1. The minimum absolute atomic E-state index is 0.00145. The van der Waals surface area contributed by atoms with Crippen molar-refractivity contribution in [3.63, 3.8) is 0 Å². The molecule has 0 N–H and O–H groups in total. The third-order valence-electron chi connectivity index (χ3n) is 3.46. The van der Waals surface area contributed by atoms with Crippen LogP contribution in [0.3, 0.4) is 0 Å². The van der Waals surface area contributed by atoms with Gasteiger partial charge in [0.05, 0.1) is 22.8 Å². The van der Waals surface area contributed by atoms with Crippen molar-refractivity contribution in [3.8, 4) is 6.07 Å². The summed E-state index contributed by atoms with van der Waals surface area (Å²) in [6.07, 6.45) is -0.00145. The van der Waals surface area contributed by atoms with Crippen molar-refractivity contribution < 1.29 is 17.9 Å². The second-order valence-electron chi connectivity index (χ2n) is 4.85. The molecule has 0 amide bonds. The summed E-state index contributed by atoms with van der Waals surface area (Å²) in [6.45, 7) is 3.60. The molecule has 5 nitrogen and oxygen atoms in total. The van der Waals surface area contributed by atoms with Crippen molar-refractivity contribution >= 4 is 15.8 Å². The zero-order valence-electron chi connectivity index (χ0n) is 11.3. The highest BCUT2D eigenvalue weighted by atomic mass is 32.2. The molecule has 106 valence electrons. The Bertz CT molecular complexity index is 672. The maximum absolute atomic E-state index is 12.4. The van der Waals surface area contributed by atoms with Crippen LogP contribution in [0.4, 0.5) is 0 Å². The van der Waals surface area contributed by atoms with Gasteiger partial charge in [-0.2, -0.15) is 5.26 Å². The molecule has 0 aliphatic heterocycles. The molecular weight excluding hydrogens is 278 g/mol. The monoisotopic (exact) mass is 293 g/mol. The van der Waals surface area contributed by atoms with E-state index in [1.54, 1.807) is 19.1 Å². The number of aryl methyl sites for hydroxylation is 1. The Hall–Kier alpha value is -1.87. The molecule has 0 radical (unpaired) electrons. The third-order valence-corrected chi connectivity index (χ3v) is 5.71. The van der Waals surface area contributed by atoms with Crippen LogP contribution in [0.1, 0.15) is 18.9 Å². The highest BCUT2D eigenvalue weighted by Crippen LogP contribution is 2.53. The number of carbonyl (C=O) groups is 1. The van der Waals surface area contributed by atoms with E-state index in [9.17, 15) is 13.2 Å². The van der Waals surface area contributed by atoms with Crippen LogP contribution >= 0.6 is 0 Å². The summed E-state index contributed by atoms with van der Waals surface area (Å²) in [6, 6.07) is 8.19. The zero-order chi connectivity index (χ0) is 15.0. The lowest BCUT2D eigenvalue weighted by Crippen LogP contribution is -2.25. The molecule has 6 heteroatoms. The van der Waals surface area contributed by atoms with Gasteiger partial charge < -0.3 is 4.74 Å². The Morgan fingerprint density at radius 3 is 2.55 bits per heavy atom. The van der Waals surface area contributed by atoms with Gasteiger partial charge in [-0.1, -0.05) is 17.7 Å². The van der Waals surface area contributed by atoms with E-state index in [1.165, 1.54) is 12.1 Å². The molecule has 0 heterocycles. The number of esters is 1. The van der Waals surface area contributed by atoms with Crippen LogP contribution in [0.15, 0.2) is 29.2 Å². The lowest BCUT2D eigenvalue weighted by molar-refractivity contribution is -0.147. The fraction of sp³-hybridized carbons (Fsp3) is 0.429. The minimum atomic E-state index is -3.69. The van der Waals surface area contributed by atoms with Crippen molar-refractivity contribution in [3.05, 3.63) is 29.8 Å². The molecule has 0 unspecified atom stereocenters. The number of carbonyl (C=O) groups excluding carboxylic acids is 1. The molecule has 20 heavy (non-hydrogen) atoms. The topological polar surface area (TPSA) is 84.2 Å². The van der Waals surface area contributed by atoms with E-state index in [0.29, 0.717) is 0 Å².